The maximum absolute atomic E-state index is 12.2. The second kappa shape index (κ2) is 8.39. The normalized spacial score (nSPS) is 15.0. The molecule has 1 aliphatic rings. The number of fused-ring (bicyclic) bond motifs is 3. The van der Waals surface area contributed by atoms with Gasteiger partial charge in [0.2, 0.25) is 6.29 Å². The van der Waals surface area contributed by atoms with Crippen molar-refractivity contribution >= 4 is 6.29 Å². The molecule has 27 heavy (non-hydrogen) atoms. The number of benzene rings is 1. The maximum Gasteiger partial charge on any atom is 0.239 e. The second-order valence-electron chi connectivity index (χ2n) is 6.57. The van der Waals surface area contributed by atoms with Gasteiger partial charge in [0, 0.05) is 44.0 Å². The van der Waals surface area contributed by atoms with Crippen molar-refractivity contribution in [1.29, 1.82) is 0 Å². The molecule has 2 heterocycles. The van der Waals surface area contributed by atoms with Crippen LogP contribution in [0.15, 0.2) is 29.2 Å². The van der Waals surface area contributed by atoms with Crippen molar-refractivity contribution in [2.45, 2.75) is 32.2 Å². The van der Waals surface area contributed by atoms with E-state index in [9.17, 15) is 9.59 Å². The van der Waals surface area contributed by atoms with E-state index in [0.29, 0.717) is 24.7 Å². The number of nitrogens with zero attached hydrogens (tertiary/aromatic N) is 1. The van der Waals surface area contributed by atoms with E-state index in [1.807, 2.05) is 16.7 Å². The van der Waals surface area contributed by atoms with Crippen molar-refractivity contribution in [3.8, 4) is 22.8 Å². The molecule has 0 N–H and O–H groups in total. The summed E-state index contributed by atoms with van der Waals surface area (Å²) < 4.78 is 18.5. The van der Waals surface area contributed by atoms with Crippen molar-refractivity contribution in [3.05, 3.63) is 45.7 Å². The highest BCUT2D eigenvalue weighted by atomic mass is 16.5. The highest BCUT2D eigenvalue weighted by molar-refractivity contribution is 5.77. The van der Waals surface area contributed by atoms with Crippen molar-refractivity contribution in [1.82, 2.24) is 4.57 Å². The van der Waals surface area contributed by atoms with E-state index in [-0.39, 0.29) is 17.0 Å². The monoisotopic (exact) mass is 370 g/mol. The van der Waals surface area contributed by atoms with Crippen LogP contribution in [0.3, 0.4) is 0 Å². The zero-order chi connectivity index (χ0) is 19.4. The molecule has 1 unspecified atom stereocenters. The lowest BCUT2D eigenvalue weighted by Gasteiger charge is -2.30. The van der Waals surface area contributed by atoms with Crippen LogP contribution >= 0.6 is 0 Å². The van der Waals surface area contributed by atoms with Crippen molar-refractivity contribution in [2.24, 2.45) is 0 Å². The van der Waals surface area contributed by atoms with Gasteiger partial charge in [-0.2, -0.15) is 0 Å². The van der Waals surface area contributed by atoms with Gasteiger partial charge in [-0.3, -0.25) is 9.59 Å². The summed E-state index contributed by atoms with van der Waals surface area (Å²) in [7, 11) is 3.26. The maximum atomic E-state index is 12.2. The molecule has 0 spiro atoms. The Labute approximate surface area is 158 Å². The lowest BCUT2D eigenvalue weighted by atomic mass is 9.90. The Morgan fingerprint density at radius 2 is 2.00 bits per heavy atom. The Hall–Kier alpha value is -2.60. The Balaban J connectivity index is 2.05. The van der Waals surface area contributed by atoms with Crippen molar-refractivity contribution in [3.63, 3.8) is 0 Å². The highest BCUT2D eigenvalue weighted by Gasteiger charge is 2.26. The van der Waals surface area contributed by atoms with Crippen LogP contribution in [0, 0.1) is 0 Å². The van der Waals surface area contributed by atoms with Gasteiger partial charge < -0.3 is 18.8 Å². The number of pyridine rings is 1. The molecule has 0 aliphatic carbocycles. The summed E-state index contributed by atoms with van der Waals surface area (Å²) in [5.41, 5.74) is 2.56. The molecule has 1 aromatic heterocycles. The van der Waals surface area contributed by atoms with Gasteiger partial charge in [-0.15, -0.1) is 0 Å². The van der Waals surface area contributed by atoms with Gasteiger partial charge in [0.05, 0.1) is 25.0 Å². The zero-order valence-electron chi connectivity index (χ0n) is 15.9. The van der Waals surface area contributed by atoms with E-state index >= 15 is 0 Å². The molecule has 1 atom stereocenters. The van der Waals surface area contributed by atoms with E-state index in [2.05, 4.69) is 6.92 Å². The number of rotatable bonds is 8. The van der Waals surface area contributed by atoms with Crippen molar-refractivity contribution in [2.75, 3.05) is 27.4 Å². The Morgan fingerprint density at radius 3 is 2.67 bits per heavy atom. The first-order valence-electron chi connectivity index (χ1n) is 9.10. The van der Waals surface area contributed by atoms with E-state index < -0.39 is 0 Å². The largest absolute Gasteiger partial charge is 0.493 e. The third kappa shape index (κ3) is 3.76. The molecular weight excluding hydrogens is 346 g/mol. The second-order valence-corrected chi connectivity index (χ2v) is 6.57. The van der Waals surface area contributed by atoms with Crippen LogP contribution in [0.5, 0.6) is 11.5 Å². The zero-order valence-corrected chi connectivity index (χ0v) is 15.9. The lowest BCUT2D eigenvalue weighted by Crippen LogP contribution is -2.23. The average Bonchev–Trinajstić information content (AvgIpc) is 2.69. The van der Waals surface area contributed by atoms with E-state index in [4.69, 9.17) is 14.2 Å². The van der Waals surface area contributed by atoms with Gasteiger partial charge in [0.15, 0.2) is 16.9 Å². The first-order valence-corrected chi connectivity index (χ1v) is 9.10. The number of aromatic nitrogens is 1. The summed E-state index contributed by atoms with van der Waals surface area (Å²) in [5.74, 6) is 1.31. The summed E-state index contributed by atoms with van der Waals surface area (Å²) >= 11 is 0. The Kier molecular flexibility index (Phi) is 5.96. The average molecular weight is 370 g/mol. The fraction of sp³-hybridized carbons (Fsp3) is 0.429. The van der Waals surface area contributed by atoms with Gasteiger partial charge >= 0.3 is 0 Å². The molecule has 143 valence electrons. The number of hydrogen-bond donors (Lipinski definition) is 0. The molecule has 6 nitrogen and oxygen atoms in total. The molecule has 0 bridgehead atoms. The molecule has 6 heteroatoms. The van der Waals surface area contributed by atoms with Crippen LogP contribution < -0.4 is 14.9 Å². The van der Waals surface area contributed by atoms with Crippen LogP contribution in [0.4, 0.5) is 0 Å². The molecule has 1 aliphatic heterocycles. The quantitative estimate of drug-likeness (QED) is 0.669. The predicted molar refractivity (Wildman–Crippen MR) is 103 cm³/mol. The SMILES string of the molecule is CCC1Cc2cc(OCCCOC)c(OC)cc2-c2cc(=O)c([C]=O)cn21. The summed E-state index contributed by atoms with van der Waals surface area (Å²) in [5, 5.41) is 0. The topological polar surface area (TPSA) is 66.8 Å². The van der Waals surface area contributed by atoms with E-state index in [1.165, 1.54) is 6.07 Å². The third-order valence-electron chi connectivity index (χ3n) is 4.93. The standard InChI is InChI=1S/C21H24NO5/c1-4-16-8-14-9-21(27-7-5-6-25-2)20(26-3)10-17(14)18-11-19(24)15(13-23)12-22(16)18/h9-12,16H,4-8H2,1-3H3. The number of hydrogen-bond acceptors (Lipinski definition) is 5. The minimum Gasteiger partial charge on any atom is -0.493 e. The van der Waals surface area contributed by atoms with Crippen LogP contribution in [0.25, 0.3) is 11.3 Å². The Morgan fingerprint density at radius 1 is 1.19 bits per heavy atom. The third-order valence-corrected chi connectivity index (χ3v) is 4.93. The first-order chi connectivity index (χ1) is 13.1. The summed E-state index contributed by atoms with van der Waals surface area (Å²) in [6, 6.07) is 5.58. The summed E-state index contributed by atoms with van der Waals surface area (Å²) in [6.07, 6.45) is 5.81. The predicted octanol–water partition coefficient (Wildman–Crippen LogP) is 2.90. The molecule has 2 aromatic rings. The molecule has 0 saturated heterocycles. The van der Waals surface area contributed by atoms with Crippen LogP contribution in [0.1, 0.15) is 36.9 Å². The molecule has 1 aromatic carbocycles. The van der Waals surface area contributed by atoms with Crippen LogP contribution in [-0.2, 0) is 16.0 Å². The smallest absolute Gasteiger partial charge is 0.239 e. The first kappa shape index (κ1) is 19.2. The molecular formula is C21H24NO5. The summed E-state index contributed by atoms with van der Waals surface area (Å²) in [6.45, 7) is 3.26. The fourth-order valence-corrected chi connectivity index (χ4v) is 3.50. The lowest BCUT2D eigenvalue weighted by molar-refractivity contribution is 0.170. The van der Waals surface area contributed by atoms with Gasteiger partial charge in [0.25, 0.3) is 0 Å². The number of carbonyl (C=O) groups excluding carboxylic acids is 1. The summed E-state index contributed by atoms with van der Waals surface area (Å²) in [4.78, 5) is 23.3. The highest BCUT2D eigenvalue weighted by Crippen LogP contribution is 2.41. The fourth-order valence-electron chi connectivity index (χ4n) is 3.50. The van der Waals surface area contributed by atoms with Crippen LogP contribution in [0.2, 0.25) is 0 Å². The van der Waals surface area contributed by atoms with Crippen LogP contribution in [-0.4, -0.2) is 38.3 Å². The molecule has 3 rings (SSSR count). The molecule has 0 amide bonds. The Bertz CT molecular complexity index is 887. The number of methoxy groups -OCH3 is 2. The van der Waals surface area contributed by atoms with Gasteiger partial charge in [0.1, 0.15) is 0 Å². The van der Waals surface area contributed by atoms with Crippen molar-refractivity contribution < 1.29 is 19.0 Å². The minimum atomic E-state index is -0.321. The molecule has 0 fully saturated rings. The minimum absolute atomic E-state index is 0.0608. The van der Waals surface area contributed by atoms with Gasteiger partial charge in [-0.1, -0.05) is 6.92 Å². The van der Waals surface area contributed by atoms with Gasteiger partial charge in [-0.05, 0) is 30.5 Å². The molecule has 0 saturated carbocycles. The van der Waals surface area contributed by atoms with E-state index in [1.54, 1.807) is 26.7 Å². The van der Waals surface area contributed by atoms with Gasteiger partial charge in [-0.25, -0.2) is 0 Å². The number of ether oxygens (including phenoxy) is 3. The van der Waals surface area contributed by atoms with E-state index in [0.717, 1.165) is 36.1 Å². The molecule has 1 radical (unpaired) electrons.